The largest absolute Gasteiger partial charge is 0.497 e. The van der Waals surface area contributed by atoms with Crippen LogP contribution >= 0.6 is 12.2 Å². The molecule has 0 fully saturated rings. The Bertz CT molecular complexity index is 710. The molecule has 0 heterocycles. The van der Waals surface area contributed by atoms with Gasteiger partial charge in [-0.3, -0.25) is 5.43 Å². The molecule has 0 radical (unpaired) electrons. The number of ether oxygens (including phenoxy) is 1. The number of hydrogen-bond donors (Lipinski definition) is 2. The summed E-state index contributed by atoms with van der Waals surface area (Å²) < 4.78 is 5.24. The number of fused-ring (bicyclic) bond motifs is 1. The van der Waals surface area contributed by atoms with Crippen LogP contribution in [0.5, 0.6) is 5.75 Å². The van der Waals surface area contributed by atoms with Crippen LogP contribution in [0.15, 0.2) is 41.5 Å². The smallest absolute Gasteiger partial charge is 0.187 e. The molecule has 0 bridgehead atoms. The molecule has 2 aromatic rings. The third-order valence-electron chi connectivity index (χ3n) is 3.21. The lowest BCUT2D eigenvalue weighted by Gasteiger charge is -2.11. The monoisotopic (exact) mass is 315 g/mol. The fourth-order valence-corrected chi connectivity index (χ4v) is 2.35. The molecule has 2 N–H and O–H groups in total. The van der Waals surface area contributed by atoms with E-state index in [2.05, 4.69) is 28.0 Å². The zero-order chi connectivity index (χ0) is 16.1. The lowest BCUT2D eigenvalue weighted by Crippen LogP contribution is -2.37. The van der Waals surface area contributed by atoms with Gasteiger partial charge in [-0.15, -0.1) is 0 Å². The fraction of sp³-hybridized carbons (Fsp3) is 0.294. The van der Waals surface area contributed by atoms with E-state index in [-0.39, 0.29) is 6.04 Å². The molecule has 0 amide bonds. The predicted octanol–water partition coefficient (Wildman–Crippen LogP) is 3.44. The van der Waals surface area contributed by atoms with Crippen molar-refractivity contribution in [1.29, 1.82) is 0 Å². The van der Waals surface area contributed by atoms with E-state index in [1.165, 1.54) is 0 Å². The predicted molar refractivity (Wildman–Crippen MR) is 96.7 cm³/mol. The first kappa shape index (κ1) is 16.2. The highest BCUT2D eigenvalue weighted by molar-refractivity contribution is 7.80. The molecule has 0 aliphatic rings. The number of rotatable bonds is 4. The number of methoxy groups -OCH3 is 1. The maximum atomic E-state index is 5.24. The molecule has 0 atom stereocenters. The van der Waals surface area contributed by atoms with Gasteiger partial charge in [0, 0.05) is 6.04 Å². The van der Waals surface area contributed by atoms with Crippen molar-refractivity contribution in [2.45, 2.75) is 26.8 Å². The molecule has 0 spiro atoms. The van der Waals surface area contributed by atoms with Crippen molar-refractivity contribution in [2.75, 3.05) is 7.11 Å². The molecule has 0 unspecified atom stereocenters. The molecular formula is C17H21N3OS. The molecular weight excluding hydrogens is 294 g/mol. The minimum Gasteiger partial charge on any atom is -0.497 e. The highest BCUT2D eigenvalue weighted by Crippen LogP contribution is 2.22. The molecule has 0 saturated heterocycles. The maximum Gasteiger partial charge on any atom is 0.187 e. The summed E-state index contributed by atoms with van der Waals surface area (Å²) in [6.45, 7) is 6.01. The van der Waals surface area contributed by atoms with Crippen LogP contribution in [0.25, 0.3) is 10.8 Å². The van der Waals surface area contributed by atoms with E-state index in [1.54, 1.807) is 7.11 Å². The van der Waals surface area contributed by atoms with Crippen molar-refractivity contribution >= 4 is 33.8 Å². The Kier molecular flexibility index (Phi) is 5.33. The van der Waals surface area contributed by atoms with Crippen molar-refractivity contribution < 1.29 is 4.74 Å². The molecule has 0 aromatic heterocycles. The lowest BCUT2D eigenvalue weighted by molar-refractivity contribution is 0.415. The topological polar surface area (TPSA) is 45.6 Å². The molecule has 0 saturated carbocycles. The first-order chi connectivity index (χ1) is 10.5. The van der Waals surface area contributed by atoms with Crippen LogP contribution < -0.4 is 15.5 Å². The molecule has 2 rings (SSSR count). The highest BCUT2D eigenvalue weighted by Gasteiger charge is 2.02. The Labute approximate surface area is 136 Å². The van der Waals surface area contributed by atoms with Gasteiger partial charge in [0.25, 0.3) is 0 Å². The Balaban J connectivity index is 2.17. The minimum absolute atomic E-state index is 0.283. The first-order valence-electron chi connectivity index (χ1n) is 7.18. The summed E-state index contributed by atoms with van der Waals surface area (Å²) in [5, 5.41) is 10.2. The molecule has 2 aromatic carbocycles. The lowest BCUT2D eigenvalue weighted by atomic mass is 10.0. The van der Waals surface area contributed by atoms with Crippen molar-refractivity contribution in [3.05, 3.63) is 42.0 Å². The van der Waals surface area contributed by atoms with Gasteiger partial charge in [0.2, 0.25) is 0 Å². The Hall–Kier alpha value is -2.14. The summed E-state index contributed by atoms with van der Waals surface area (Å²) in [6.07, 6.45) is 0. The highest BCUT2D eigenvalue weighted by atomic mass is 32.1. The zero-order valence-electron chi connectivity index (χ0n) is 13.3. The standard InChI is InChI=1S/C17H21N3OS/c1-11(2)18-17(22)20-19-12(3)13-5-6-15-10-16(21-4)8-7-14(15)9-13/h5-11H,1-4H3,(H2,18,20,22)/b19-12+. The van der Waals surface area contributed by atoms with Crippen LogP contribution in [0, 0.1) is 0 Å². The van der Waals surface area contributed by atoms with E-state index in [0.717, 1.165) is 27.8 Å². The number of nitrogens with one attached hydrogen (secondary N) is 2. The fourth-order valence-electron chi connectivity index (χ4n) is 2.07. The molecule has 4 nitrogen and oxygen atoms in total. The van der Waals surface area contributed by atoms with Gasteiger partial charge in [0.05, 0.1) is 12.8 Å². The third kappa shape index (κ3) is 4.18. The summed E-state index contributed by atoms with van der Waals surface area (Å²) in [5.41, 5.74) is 4.80. The van der Waals surface area contributed by atoms with E-state index in [1.807, 2.05) is 45.0 Å². The zero-order valence-corrected chi connectivity index (χ0v) is 14.1. The van der Waals surface area contributed by atoms with E-state index in [0.29, 0.717) is 5.11 Å². The molecule has 0 aliphatic carbocycles. The molecule has 22 heavy (non-hydrogen) atoms. The number of thiocarbonyl (C=S) groups is 1. The number of nitrogens with zero attached hydrogens (tertiary/aromatic N) is 1. The number of hydrogen-bond acceptors (Lipinski definition) is 3. The average Bonchev–Trinajstić information content (AvgIpc) is 2.50. The summed E-state index contributed by atoms with van der Waals surface area (Å²) in [4.78, 5) is 0. The van der Waals surface area contributed by atoms with Gasteiger partial charge >= 0.3 is 0 Å². The average molecular weight is 315 g/mol. The van der Waals surface area contributed by atoms with Crippen LogP contribution in [-0.4, -0.2) is 24.0 Å². The van der Waals surface area contributed by atoms with Crippen LogP contribution in [0.4, 0.5) is 0 Å². The minimum atomic E-state index is 0.283. The van der Waals surface area contributed by atoms with Crippen LogP contribution in [0.2, 0.25) is 0 Å². The second kappa shape index (κ2) is 7.22. The van der Waals surface area contributed by atoms with E-state index >= 15 is 0 Å². The molecule has 116 valence electrons. The summed E-state index contributed by atoms with van der Waals surface area (Å²) in [7, 11) is 1.67. The first-order valence-corrected chi connectivity index (χ1v) is 7.59. The van der Waals surface area contributed by atoms with Crippen LogP contribution in [0.1, 0.15) is 26.3 Å². The number of hydrazone groups is 1. The van der Waals surface area contributed by atoms with Gasteiger partial charge in [0.15, 0.2) is 5.11 Å². The second-order valence-electron chi connectivity index (χ2n) is 5.37. The second-order valence-corrected chi connectivity index (χ2v) is 5.77. The summed E-state index contributed by atoms with van der Waals surface area (Å²) >= 11 is 5.16. The van der Waals surface area contributed by atoms with Gasteiger partial charge in [-0.2, -0.15) is 5.10 Å². The van der Waals surface area contributed by atoms with E-state index in [9.17, 15) is 0 Å². The normalized spacial score (nSPS) is 11.6. The van der Waals surface area contributed by atoms with Gasteiger partial charge in [-0.25, -0.2) is 0 Å². The quantitative estimate of drug-likeness (QED) is 0.515. The van der Waals surface area contributed by atoms with Gasteiger partial charge < -0.3 is 10.1 Å². The maximum absolute atomic E-state index is 5.24. The summed E-state index contributed by atoms with van der Waals surface area (Å²) in [5.74, 6) is 0.859. The Morgan fingerprint density at radius 2 is 1.82 bits per heavy atom. The Morgan fingerprint density at radius 1 is 1.14 bits per heavy atom. The van der Waals surface area contributed by atoms with E-state index in [4.69, 9.17) is 17.0 Å². The van der Waals surface area contributed by atoms with E-state index < -0.39 is 0 Å². The molecule has 5 heteroatoms. The summed E-state index contributed by atoms with van der Waals surface area (Å²) in [6, 6.07) is 12.5. The molecule has 0 aliphatic heterocycles. The van der Waals surface area contributed by atoms with Crippen LogP contribution in [-0.2, 0) is 0 Å². The Morgan fingerprint density at radius 3 is 2.50 bits per heavy atom. The number of benzene rings is 2. The van der Waals surface area contributed by atoms with Gasteiger partial charge in [-0.1, -0.05) is 18.2 Å². The van der Waals surface area contributed by atoms with Crippen LogP contribution in [0.3, 0.4) is 0 Å². The van der Waals surface area contributed by atoms with Crippen molar-refractivity contribution in [3.63, 3.8) is 0 Å². The third-order valence-corrected chi connectivity index (χ3v) is 3.42. The van der Waals surface area contributed by atoms with Gasteiger partial charge in [0.1, 0.15) is 5.75 Å². The van der Waals surface area contributed by atoms with Gasteiger partial charge in [-0.05, 0) is 67.5 Å². The van der Waals surface area contributed by atoms with Crippen molar-refractivity contribution in [3.8, 4) is 5.75 Å². The van der Waals surface area contributed by atoms with Crippen molar-refractivity contribution in [1.82, 2.24) is 10.7 Å². The van der Waals surface area contributed by atoms with Crippen molar-refractivity contribution in [2.24, 2.45) is 5.10 Å². The SMILES string of the molecule is COc1ccc2cc(/C(C)=N/NC(=S)NC(C)C)ccc2c1.